The van der Waals surface area contributed by atoms with Crippen molar-refractivity contribution in [3.8, 4) is 0 Å². The Hall–Kier alpha value is -0.980. The molecular weight excluding hydrogens is 196 g/mol. The Kier molecular flexibility index (Phi) is 5.37. The summed E-state index contributed by atoms with van der Waals surface area (Å²) in [5.74, 6) is 0.514. The van der Waals surface area contributed by atoms with E-state index in [1.54, 1.807) is 0 Å². The van der Waals surface area contributed by atoms with Gasteiger partial charge in [0.25, 0.3) is 0 Å². The third-order valence-electron chi connectivity index (χ3n) is 3.22. The van der Waals surface area contributed by atoms with Crippen LogP contribution in [0.4, 0.5) is 0 Å². The Labute approximate surface area is 99.6 Å². The second-order valence-corrected chi connectivity index (χ2v) is 4.52. The van der Waals surface area contributed by atoms with Crippen molar-refractivity contribution < 1.29 is 5.11 Å². The summed E-state index contributed by atoms with van der Waals surface area (Å²) in [5, 5.41) is 9.89. The zero-order valence-corrected chi connectivity index (χ0v) is 10.8. The molecule has 1 N–H and O–H groups in total. The molecule has 0 radical (unpaired) electrons. The monoisotopic (exact) mass is 220 g/mol. The number of hydrogen-bond acceptors (Lipinski definition) is 1. The Morgan fingerprint density at radius 1 is 1.31 bits per heavy atom. The minimum atomic E-state index is 0.514. The van der Waals surface area contributed by atoms with Gasteiger partial charge in [0.05, 0.1) is 0 Å². The molecule has 0 aromatic carbocycles. The summed E-state index contributed by atoms with van der Waals surface area (Å²) in [6, 6.07) is 0. The average Bonchev–Trinajstić information content (AvgIpc) is 2.28. The molecule has 0 aromatic rings. The van der Waals surface area contributed by atoms with Crippen LogP contribution in [0.5, 0.6) is 0 Å². The van der Waals surface area contributed by atoms with E-state index in [0.29, 0.717) is 5.76 Å². The predicted octanol–water partition coefficient (Wildman–Crippen LogP) is 5.07. The van der Waals surface area contributed by atoms with Crippen molar-refractivity contribution >= 4 is 0 Å². The molecule has 0 aromatic heterocycles. The summed E-state index contributed by atoms with van der Waals surface area (Å²) in [6.45, 7) is 6.53. The summed E-state index contributed by atoms with van der Waals surface area (Å²) in [5.41, 5.74) is 3.88. The van der Waals surface area contributed by atoms with Gasteiger partial charge in [-0.05, 0) is 55.4 Å². The van der Waals surface area contributed by atoms with Crippen molar-refractivity contribution in [2.24, 2.45) is 0 Å². The van der Waals surface area contributed by atoms with Crippen LogP contribution in [-0.4, -0.2) is 5.11 Å². The first kappa shape index (κ1) is 13.1. The number of aliphatic hydroxyl groups is 1. The summed E-state index contributed by atoms with van der Waals surface area (Å²) < 4.78 is 0. The van der Waals surface area contributed by atoms with Crippen LogP contribution in [0.25, 0.3) is 0 Å². The number of unbranched alkanes of at least 4 members (excludes halogenated alkanes) is 2. The molecular formula is C15H24O. The van der Waals surface area contributed by atoms with Gasteiger partial charge >= 0.3 is 0 Å². The highest BCUT2D eigenvalue weighted by molar-refractivity contribution is 5.46. The Morgan fingerprint density at radius 2 is 2.06 bits per heavy atom. The lowest BCUT2D eigenvalue weighted by molar-refractivity contribution is 0.412. The van der Waals surface area contributed by atoms with Gasteiger partial charge in [0.1, 0.15) is 5.76 Å². The van der Waals surface area contributed by atoms with E-state index in [-0.39, 0.29) is 0 Å². The number of hydrogen-bond donors (Lipinski definition) is 1. The minimum Gasteiger partial charge on any atom is -0.508 e. The van der Waals surface area contributed by atoms with Crippen LogP contribution in [0, 0.1) is 0 Å². The third kappa shape index (κ3) is 3.26. The fraction of sp³-hybridized carbons (Fsp3) is 0.600. The van der Waals surface area contributed by atoms with Gasteiger partial charge in [-0.2, -0.15) is 0 Å². The molecule has 0 spiro atoms. The van der Waals surface area contributed by atoms with E-state index in [4.69, 9.17) is 0 Å². The van der Waals surface area contributed by atoms with Crippen LogP contribution in [0.15, 0.2) is 34.6 Å². The molecule has 0 bridgehead atoms. The molecule has 0 unspecified atom stereocenters. The van der Waals surface area contributed by atoms with Gasteiger partial charge in [0.15, 0.2) is 0 Å². The normalized spacial score (nSPS) is 19.2. The van der Waals surface area contributed by atoms with Crippen LogP contribution in [0.1, 0.15) is 59.3 Å². The van der Waals surface area contributed by atoms with Crippen molar-refractivity contribution in [1.82, 2.24) is 0 Å². The van der Waals surface area contributed by atoms with Crippen LogP contribution in [0.3, 0.4) is 0 Å². The molecule has 0 heterocycles. The van der Waals surface area contributed by atoms with Crippen molar-refractivity contribution in [1.29, 1.82) is 0 Å². The van der Waals surface area contributed by atoms with Gasteiger partial charge in [-0.15, -0.1) is 0 Å². The maximum Gasteiger partial charge on any atom is 0.115 e. The molecule has 0 fully saturated rings. The molecule has 0 saturated carbocycles. The molecule has 0 atom stereocenters. The van der Waals surface area contributed by atoms with Gasteiger partial charge in [-0.3, -0.25) is 0 Å². The van der Waals surface area contributed by atoms with Crippen LogP contribution >= 0.6 is 0 Å². The highest BCUT2D eigenvalue weighted by Crippen LogP contribution is 2.31. The second kappa shape index (κ2) is 6.57. The lowest BCUT2D eigenvalue weighted by Gasteiger charge is -2.19. The molecule has 90 valence electrons. The Morgan fingerprint density at radius 3 is 2.69 bits per heavy atom. The SMILES string of the molecule is CCCC=C1CC=C(O)C(CCCC)=C1C. The van der Waals surface area contributed by atoms with Crippen LogP contribution in [0.2, 0.25) is 0 Å². The fourth-order valence-electron chi connectivity index (χ4n) is 2.09. The summed E-state index contributed by atoms with van der Waals surface area (Å²) in [4.78, 5) is 0. The van der Waals surface area contributed by atoms with Crippen molar-refractivity contribution in [3.63, 3.8) is 0 Å². The highest BCUT2D eigenvalue weighted by Gasteiger charge is 2.15. The first-order chi connectivity index (χ1) is 7.70. The summed E-state index contributed by atoms with van der Waals surface area (Å²) in [6.07, 6.45) is 10.9. The molecule has 1 heteroatoms. The molecule has 0 aliphatic heterocycles. The average molecular weight is 220 g/mol. The van der Waals surface area contributed by atoms with E-state index in [1.807, 2.05) is 6.08 Å². The van der Waals surface area contributed by atoms with E-state index < -0.39 is 0 Å². The molecule has 1 rings (SSSR count). The van der Waals surface area contributed by atoms with Gasteiger partial charge in [0.2, 0.25) is 0 Å². The van der Waals surface area contributed by atoms with E-state index in [1.165, 1.54) is 24.0 Å². The fourth-order valence-corrected chi connectivity index (χ4v) is 2.09. The first-order valence-electron chi connectivity index (χ1n) is 6.49. The summed E-state index contributed by atoms with van der Waals surface area (Å²) in [7, 11) is 0. The third-order valence-corrected chi connectivity index (χ3v) is 3.22. The van der Waals surface area contributed by atoms with Gasteiger partial charge in [-0.25, -0.2) is 0 Å². The van der Waals surface area contributed by atoms with Crippen LogP contribution < -0.4 is 0 Å². The number of aliphatic hydroxyl groups excluding tert-OH is 1. The predicted molar refractivity (Wildman–Crippen MR) is 70.5 cm³/mol. The number of rotatable bonds is 5. The summed E-state index contributed by atoms with van der Waals surface area (Å²) >= 11 is 0. The van der Waals surface area contributed by atoms with Crippen molar-refractivity contribution in [2.45, 2.75) is 59.3 Å². The smallest absolute Gasteiger partial charge is 0.115 e. The van der Waals surface area contributed by atoms with E-state index in [9.17, 15) is 5.11 Å². The largest absolute Gasteiger partial charge is 0.508 e. The van der Waals surface area contributed by atoms with Crippen molar-refractivity contribution in [3.05, 3.63) is 34.6 Å². The second-order valence-electron chi connectivity index (χ2n) is 4.52. The molecule has 16 heavy (non-hydrogen) atoms. The number of allylic oxidation sites excluding steroid dienone is 5. The topological polar surface area (TPSA) is 20.2 Å². The Bertz CT molecular complexity index is 318. The van der Waals surface area contributed by atoms with Gasteiger partial charge in [-0.1, -0.05) is 32.8 Å². The zero-order valence-electron chi connectivity index (χ0n) is 10.8. The molecule has 1 aliphatic carbocycles. The van der Waals surface area contributed by atoms with Gasteiger partial charge in [0, 0.05) is 0 Å². The Balaban J connectivity index is 2.84. The molecule has 0 amide bonds. The molecule has 1 aliphatic rings. The van der Waals surface area contributed by atoms with E-state index in [0.717, 1.165) is 31.3 Å². The molecule has 0 saturated heterocycles. The highest BCUT2D eigenvalue weighted by atomic mass is 16.3. The van der Waals surface area contributed by atoms with Gasteiger partial charge < -0.3 is 5.11 Å². The molecule has 1 nitrogen and oxygen atoms in total. The van der Waals surface area contributed by atoms with Crippen molar-refractivity contribution in [2.75, 3.05) is 0 Å². The quantitative estimate of drug-likeness (QED) is 0.686. The standard InChI is InChI=1S/C15H24O/c1-4-6-8-13-10-11-15(16)14(12(13)3)9-7-5-2/h8,11,16H,4-7,9-10H2,1-3H3. The maximum atomic E-state index is 9.89. The van der Waals surface area contributed by atoms with E-state index >= 15 is 0 Å². The first-order valence-corrected chi connectivity index (χ1v) is 6.49. The minimum absolute atomic E-state index is 0.514. The van der Waals surface area contributed by atoms with E-state index in [2.05, 4.69) is 26.8 Å². The lowest BCUT2D eigenvalue weighted by Crippen LogP contribution is -2.02. The zero-order chi connectivity index (χ0) is 12.0. The van der Waals surface area contributed by atoms with Crippen LogP contribution in [-0.2, 0) is 0 Å². The lowest BCUT2D eigenvalue weighted by atomic mass is 9.89. The maximum absolute atomic E-state index is 9.89.